The Kier molecular flexibility index (Phi) is 10.8. The van der Waals surface area contributed by atoms with Gasteiger partial charge in [0.1, 0.15) is 12.6 Å². The molecule has 0 aliphatic rings. The molecular formula is C25H32N2O5S. The fourth-order valence-electron chi connectivity index (χ4n) is 3.28. The number of nitrogens with one attached hydrogen (secondary N) is 2. The molecule has 0 aliphatic carbocycles. The molecule has 0 aliphatic heterocycles. The second-order valence-corrected chi connectivity index (χ2v) is 9.76. The van der Waals surface area contributed by atoms with Gasteiger partial charge in [0.15, 0.2) is 5.78 Å². The van der Waals surface area contributed by atoms with Crippen LogP contribution in [0.25, 0.3) is 0 Å². The summed E-state index contributed by atoms with van der Waals surface area (Å²) in [5.41, 5.74) is 1.70. The molecule has 2 aromatic carbocycles. The molecule has 0 bridgehead atoms. The van der Waals surface area contributed by atoms with Crippen LogP contribution in [-0.4, -0.2) is 46.1 Å². The van der Waals surface area contributed by atoms with Crippen LogP contribution in [0.3, 0.4) is 0 Å². The van der Waals surface area contributed by atoms with Crippen molar-refractivity contribution in [2.24, 2.45) is 5.92 Å². The molecule has 178 valence electrons. The van der Waals surface area contributed by atoms with E-state index < -0.39 is 34.9 Å². The summed E-state index contributed by atoms with van der Waals surface area (Å²) < 4.78 is 16.9. The quantitative estimate of drug-likeness (QED) is 0.495. The molecule has 2 rings (SSSR count). The standard InChI is InChI=1S/C25H32N2O5S/c1-18(2)14-22(27-25(30)32-16-20-12-8-5-9-13-20)24(29)26-21(23(28)17-33(3)31)15-19-10-6-4-7-11-19/h4-13,18,21-22H,14-17H2,1-3H3,(H,26,29)(H,27,30)/t21?,22-,33-/m0/s1. The predicted molar refractivity (Wildman–Crippen MR) is 129 cm³/mol. The molecule has 0 heterocycles. The topological polar surface area (TPSA) is 102 Å². The first-order valence-corrected chi connectivity index (χ1v) is 12.6. The summed E-state index contributed by atoms with van der Waals surface area (Å²) in [7, 11) is -1.33. The van der Waals surface area contributed by atoms with E-state index in [0.717, 1.165) is 11.1 Å². The lowest BCUT2D eigenvalue weighted by Crippen LogP contribution is -2.53. The van der Waals surface area contributed by atoms with Gasteiger partial charge in [0.2, 0.25) is 5.91 Å². The third-order valence-corrected chi connectivity index (χ3v) is 5.55. The molecule has 1 unspecified atom stereocenters. The highest BCUT2D eigenvalue weighted by molar-refractivity contribution is 7.85. The van der Waals surface area contributed by atoms with Crippen molar-refractivity contribution in [1.82, 2.24) is 10.6 Å². The van der Waals surface area contributed by atoms with Gasteiger partial charge in [0.05, 0.1) is 11.8 Å². The molecule has 0 fully saturated rings. The minimum Gasteiger partial charge on any atom is -0.445 e. The van der Waals surface area contributed by atoms with Crippen molar-refractivity contribution in [1.29, 1.82) is 0 Å². The van der Waals surface area contributed by atoms with Gasteiger partial charge in [0, 0.05) is 17.1 Å². The molecular weight excluding hydrogens is 440 g/mol. The monoisotopic (exact) mass is 472 g/mol. The molecule has 0 saturated carbocycles. The van der Waals surface area contributed by atoms with Gasteiger partial charge in [-0.05, 0) is 29.9 Å². The van der Waals surface area contributed by atoms with Crippen LogP contribution in [0, 0.1) is 5.92 Å². The zero-order chi connectivity index (χ0) is 24.2. The summed E-state index contributed by atoms with van der Waals surface area (Å²) in [5.74, 6) is -0.833. The average molecular weight is 473 g/mol. The largest absolute Gasteiger partial charge is 0.445 e. The number of carbonyl (C=O) groups is 3. The fourth-order valence-corrected chi connectivity index (χ4v) is 3.88. The minimum atomic E-state index is -1.33. The van der Waals surface area contributed by atoms with Crippen LogP contribution in [0.1, 0.15) is 31.4 Å². The van der Waals surface area contributed by atoms with Gasteiger partial charge in [-0.25, -0.2) is 4.79 Å². The second-order valence-electron chi connectivity index (χ2n) is 8.32. The Bertz CT molecular complexity index is 934. The van der Waals surface area contributed by atoms with Crippen LogP contribution in [0.15, 0.2) is 60.7 Å². The van der Waals surface area contributed by atoms with Crippen molar-refractivity contribution in [2.75, 3.05) is 12.0 Å². The highest BCUT2D eigenvalue weighted by atomic mass is 32.2. The van der Waals surface area contributed by atoms with Crippen molar-refractivity contribution >= 4 is 28.6 Å². The molecule has 7 nitrogen and oxygen atoms in total. The summed E-state index contributed by atoms with van der Waals surface area (Å²) in [6, 6.07) is 16.8. The summed E-state index contributed by atoms with van der Waals surface area (Å²) in [5, 5.41) is 5.38. The summed E-state index contributed by atoms with van der Waals surface area (Å²) in [6.07, 6.45) is 1.39. The van der Waals surface area contributed by atoms with Crippen molar-refractivity contribution < 1.29 is 23.3 Å². The first kappa shape index (κ1) is 26.3. The van der Waals surface area contributed by atoms with Gasteiger partial charge in [-0.1, -0.05) is 74.5 Å². The number of alkyl carbamates (subject to hydrolysis) is 1. The van der Waals surface area contributed by atoms with E-state index in [1.165, 1.54) is 6.26 Å². The third kappa shape index (κ3) is 9.99. The van der Waals surface area contributed by atoms with E-state index in [2.05, 4.69) is 10.6 Å². The van der Waals surface area contributed by atoms with Gasteiger partial charge in [0.25, 0.3) is 0 Å². The van der Waals surface area contributed by atoms with Crippen LogP contribution in [0.5, 0.6) is 0 Å². The van der Waals surface area contributed by atoms with Crippen LogP contribution in [0.4, 0.5) is 4.79 Å². The van der Waals surface area contributed by atoms with Gasteiger partial charge < -0.3 is 15.4 Å². The lowest BCUT2D eigenvalue weighted by molar-refractivity contribution is -0.128. The third-order valence-electron chi connectivity index (χ3n) is 4.86. The number of amides is 2. The lowest BCUT2D eigenvalue weighted by atomic mass is 10.00. The van der Waals surface area contributed by atoms with Crippen molar-refractivity contribution in [3.05, 3.63) is 71.8 Å². The SMILES string of the molecule is CC(C)C[C@H](NC(=O)OCc1ccccc1)C(=O)NC(Cc1ccccc1)C(=O)C[S@](C)=O. The first-order chi connectivity index (χ1) is 15.7. The number of Topliss-reactive ketones (excluding diaryl/α,β-unsaturated/α-hetero) is 1. The van der Waals surface area contributed by atoms with E-state index in [4.69, 9.17) is 4.74 Å². The van der Waals surface area contributed by atoms with E-state index >= 15 is 0 Å². The van der Waals surface area contributed by atoms with E-state index in [0.29, 0.717) is 6.42 Å². The zero-order valence-corrected chi connectivity index (χ0v) is 20.1. The van der Waals surface area contributed by atoms with Crippen molar-refractivity contribution in [3.63, 3.8) is 0 Å². The van der Waals surface area contributed by atoms with Crippen LogP contribution in [-0.2, 0) is 38.2 Å². The molecule has 3 atom stereocenters. The lowest BCUT2D eigenvalue weighted by Gasteiger charge is -2.24. The van der Waals surface area contributed by atoms with Gasteiger partial charge in [-0.2, -0.15) is 0 Å². The van der Waals surface area contributed by atoms with E-state index in [1.807, 2.05) is 74.5 Å². The number of carbonyl (C=O) groups excluding carboxylic acids is 3. The Morgan fingerprint density at radius 3 is 2.00 bits per heavy atom. The summed E-state index contributed by atoms with van der Waals surface area (Å²) in [4.78, 5) is 38.1. The number of ketones is 1. The molecule has 33 heavy (non-hydrogen) atoms. The molecule has 2 N–H and O–H groups in total. The molecule has 2 aromatic rings. The van der Waals surface area contributed by atoms with Crippen LogP contribution >= 0.6 is 0 Å². The van der Waals surface area contributed by atoms with Gasteiger partial charge in [-0.15, -0.1) is 0 Å². The number of hydrogen-bond donors (Lipinski definition) is 2. The summed E-state index contributed by atoms with van der Waals surface area (Å²) in [6.45, 7) is 3.95. The Morgan fingerprint density at radius 1 is 0.879 bits per heavy atom. The smallest absolute Gasteiger partial charge is 0.408 e. The van der Waals surface area contributed by atoms with Gasteiger partial charge in [-0.3, -0.25) is 13.8 Å². The predicted octanol–water partition coefficient (Wildman–Crippen LogP) is 3.00. The maximum Gasteiger partial charge on any atom is 0.408 e. The van der Waals surface area contributed by atoms with E-state index in [9.17, 15) is 18.6 Å². The highest BCUT2D eigenvalue weighted by Crippen LogP contribution is 2.09. The van der Waals surface area contributed by atoms with Crippen molar-refractivity contribution in [3.8, 4) is 0 Å². The normalized spacial score (nSPS) is 13.6. The average Bonchev–Trinajstić information content (AvgIpc) is 2.77. The second kappa shape index (κ2) is 13.5. The summed E-state index contributed by atoms with van der Waals surface area (Å²) >= 11 is 0. The number of hydrogen-bond acceptors (Lipinski definition) is 5. The molecule has 0 saturated heterocycles. The van der Waals surface area contributed by atoms with Crippen molar-refractivity contribution in [2.45, 2.75) is 45.4 Å². The molecule has 0 aromatic heterocycles. The maximum atomic E-state index is 13.1. The minimum absolute atomic E-state index is 0.0835. The van der Waals surface area contributed by atoms with Crippen LogP contribution < -0.4 is 10.6 Å². The maximum absolute atomic E-state index is 13.1. The highest BCUT2D eigenvalue weighted by Gasteiger charge is 2.28. The van der Waals surface area contributed by atoms with E-state index in [1.54, 1.807) is 0 Å². The van der Waals surface area contributed by atoms with Gasteiger partial charge >= 0.3 is 6.09 Å². The van der Waals surface area contributed by atoms with E-state index in [-0.39, 0.29) is 30.5 Å². The van der Waals surface area contributed by atoms with Crippen LogP contribution in [0.2, 0.25) is 0 Å². The molecule has 2 amide bonds. The first-order valence-electron chi connectivity index (χ1n) is 10.9. The number of ether oxygens (including phenoxy) is 1. The Balaban J connectivity index is 2.07. The number of benzene rings is 2. The Hall–Kier alpha value is -3.00. The molecule has 8 heteroatoms. The fraction of sp³-hybridized carbons (Fsp3) is 0.400. The zero-order valence-electron chi connectivity index (χ0n) is 19.3. The molecule has 0 radical (unpaired) electrons. The Labute approximate surface area is 197 Å². The number of rotatable bonds is 12. The molecule has 0 spiro atoms. The Morgan fingerprint density at radius 2 is 1.45 bits per heavy atom.